The Balaban J connectivity index is 2.04. The van der Waals surface area contributed by atoms with Crippen molar-refractivity contribution >= 4 is 16.9 Å². The maximum atomic E-state index is 11.6. The van der Waals surface area contributed by atoms with Crippen molar-refractivity contribution in [3.05, 3.63) is 42.0 Å². The second-order valence-electron chi connectivity index (χ2n) is 5.90. The molecule has 2 aromatic rings. The standard InChI is InChI=1S/C17H21NO3/c1-17(2,3)21-16(19)18-11-12-5-6-14-10-15(20-4)8-7-13(14)9-12/h5-10H,11H2,1-4H3,(H,18,19). The first-order valence-corrected chi connectivity index (χ1v) is 6.91. The molecule has 4 nitrogen and oxygen atoms in total. The highest BCUT2D eigenvalue weighted by molar-refractivity contribution is 5.84. The zero-order valence-corrected chi connectivity index (χ0v) is 12.9. The number of methoxy groups -OCH3 is 1. The highest BCUT2D eigenvalue weighted by atomic mass is 16.6. The quantitative estimate of drug-likeness (QED) is 0.932. The molecule has 0 spiro atoms. The molecular weight excluding hydrogens is 266 g/mol. The summed E-state index contributed by atoms with van der Waals surface area (Å²) in [5.41, 5.74) is 0.544. The molecule has 0 bridgehead atoms. The number of hydrogen-bond donors (Lipinski definition) is 1. The SMILES string of the molecule is COc1ccc2cc(CNC(=O)OC(C)(C)C)ccc2c1. The van der Waals surface area contributed by atoms with E-state index in [1.165, 1.54) is 0 Å². The predicted molar refractivity (Wildman–Crippen MR) is 83.6 cm³/mol. The number of carbonyl (C=O) groups excluding carboxylic acids is 1. The van der Waals surface area contributed by atoms with E-state index in [4.69, 9.17) is 9.47 Å². The average molecular weight is 287 g/mol. The van der Waals surface area contributed by atoms with Gasteiger partial charge in [0.15, 0.2) is 0 Å². The van der Waals surface area contributed by atoms with Gasteiger partial charge in [0.2, 0.25) is 0 Å². The van der Waals surface area contributed by atoms with Crippen molar-refractivity contribution in [2.75, 3.05) is 7.11 Å². The van der Waals surface area contributed by atoms with Crippen LogP contribution >= 0.6 is 0 Å². The number of rotatable bonds is 3. The van der Waals surface area contributed by atoms with Crippen molar-refractivity contribution in [3.63, 3.8) is 0 Å². The molecule has 1 N–H and O–H groups in total. The molecule has 0 atom stereocenters. The predicted octanol–water partition coefficient (Wildman–Crippen LogP) is 3.87. The van der Waals surface area contributed by atoms with Crippen molar-refractivity contribution in [1.82, 2.24) is 5.32 Å². The molecule has 0 radical (unpaired) electrons. The zero-order valence-electron chi connectivity index (χ0n) is 12.9. The lowest BCUT2D eigenvalue weighted by molar-refractivity contribution is 0.0523. The number of amides is 1. The Bertz CT molecular complexity index is 644. The molecule has 2 rings (SSSR count). The van der Waals surface area contributed by atoms with Gasteiger partial charge in [-0.3, -0.25) is 0 Å². The first kappa shape index (κ1) is 15.2. The third kappa shape index (κ3) is 4.38. The smallest absolute Gasteiger partial charge is 0.407 e. The van der Waals surface area contributed by atoms with Gasteiger partial charge in [0.05, 0.1) is 7.11 Å². The van der Waals surface area contributed by atoms with E-state index in [-0.39, 0.29) is 0 Å². The fourth-order valence-corrected chi connectivity index (χ4v) is 2.00. The van der Waals surface area contributed by atoms with E-state index in [0.717, 1.165) is 22.1 Å². The molecule has 4 heteroatoms. The summed E-state index contributed by atoms with van der Waals surface area (Å²) >= 11 is 0. The number of alkyl carbamates (subject to hydrolysis) is 1. The van der Waals surface area contributed by atoms with Crippen LogP contribution in [0.15, 0.2) is 36.4 Å². The fraction of sp³-hybridized carbons (Fsp3) is 0.353. The van der Waals surface area contributed by atoms with Gasteiger partial charge in [-0.15, -0.1) is 0 Å². The first-order valence-electron chi connectivity index (χ1n) is 6.91. The van der Waals surface area contributed by atoms with Gasteiger partial charge in [0, 0.05) is 6.54 Å². The number of fused-ring (bicyclic) bond motifs is 1. The maximum absolute atomic E-state index is 11.6. The van der Waals surface area contributed by atoms with E-state index in [0.29, 0.717) is 6.54 Å². The highest BCUT2D eigenvalue weighted by Crippen LogP contribution is 2.21. The van der Waals surface area contributed by atoms with E-state index in [1.807, 2.05) is 57.2 Å². The number of nitrogens with one attached hydrogen (secondary N) is 1. The van der Waals surface area contributed by atoms with Crippen LogP contribution in [0.3, 0.4) is 0 Å². The summed E-state index contributed by atoms with van der Waals surface area (Å²) < 4.78 is 10.4. The summed E-state index contributed by atoms with van der Waals surface area (Å²) in [6.07, 6.45) is -0.405. The van der Waals surface area contributed by atoms with Crippen LogP contribution in [0.2, 0.25) is 0 Å². The molecule has 21 heavy (non-hydrogen) atoms. The molecule has 0 aliphatic heterocycles. The first-order chi connectivity index (χ1) is 9.87. The van der Waals surface area contributed by atoms with Crippen LogP contribution in [0.1, 0.15) is 26.3 Å². The van der Waals surface area contributed by atoms with Crippen LogP contribution < -0.4 is 10.1 Å². The van der Waals surface area contributed by atoms with Crippen molar-refractivity contribution in [3.8, 4) is 5.75 Å². The zero-order chi connectivity index (χ0) is 15.5. The summed E-state index contributed by atoms with van der Waals surface area (Å²) in [6.45, 7) is 5.97. The van der Waals surface area contributed by atoms with Crippen molar-refractivity contribution in [2.45, 2.75) is 32.9 Å². The highest BCUT2D eigenvalue weighted by Gasteiger charge is 2.15. The second kappa shape index (κ2) is 6.04. The largest absolute Gasteiger partial charge is 0.497 e. The van der Waals surface area contributed by atoms with Gasteiger partial charge in [-0.25, -0.2) is 4.79 Å². The monoisotopic (exact) mass is 287 g/mol. The number of ether oxygens (including phenoxy) is 2. The van der Waals surface area contributed by atoms with Gasteiger partial charge in [0.1, 0.15) is 11.4 Å². The normalized spacial score (nSPS) is 11.2. The molecule has 0 aliphatic carbocycles. The van der Waals surface area contributed by atoms with Crippen LogP contribution in [0.25, 0.3) is 10.8 Å². The molecule has 0 heterocycles. The molecule has 0 fully saturated rings. The Hall–Kier alpha value is -2.23. The second-order valence-corrected chi connectivity index (χ2v) is 5.90. The topological polar surface area (TPSA) is 47.6 Å². The third-order valence-corrected chi connectivity index (χ3v) is 2.95. The molecule has 0 unspecified atom stereocenters. The molecule has 0 saturated heterocycles. The number of hydrogen-bond acceptors (Lipinski definition) is 3. The van der Waals surface area contributed by atoms with Gasteiger partial charge in [-0.1, -0.05) is 18.2 Å². The van der Waals surface area contributed by atoms with Crippen LogP contribution in [0.5, 0.6) is 5.75 Å². The Labute approximate surface area is 125 Å². The minimum atomic E-state index is -0.482. The molecule has 1 amide bonds. The average Bonchev–Trinajstić information content (AvgIpc) is 2.42. The summed E-state index contributed by atoms with van der Waals surface area (Å²) in [5.74, 6) is 0.835. The molecular formula is C17H21NO3. The molecule has 0 aliphatic rings. The molecule has 112 valence electrons. The number of carbonyl (C=O) groups is 1. The Morgan fingerprint density at radius 2 is 1.76 bits per heavy atom. The lowest BCUT2D eigenvalue weighted by Crippen LogP contribution is -2.32. The maximum Gasteiger partial charge on any atom is 0.407 e. The van der Waals surface area contributed by atoms with E-state index >= 15 is 0 Å². The molecule has 0 saturated carbocycles. The summed E-state index contributed by atoms with van der Waals surface area (Å²) in [6, 6.07) is 12.0. The minimum Gasteiger partial charge on any atom is -0.497 e. The lowest BCUT2D eigenvalue weighted by Gasteiger charge is -2.19. The lowest BCUT2D eigenvalue weighted by atomic mass is 10.1. The molecule has 0 aromatic heterocycles. The van der Waals surface area contributed by atoms with Crippen LogP contribution in [-0.4, -0.2) is 18.8 Å². The van der Waals surface area contributed by atoms with Gasteiger partial charge in [-0.2, -0.15) is 0 Å². The third-order valence-electron chi connectivity index (χ3n) is 2.95. The Morgan fingerprint density at radius 1 is 1.10 bits per heavy atom. The Morgan fingerprint density at radius 3 is 2.43 bits per heavy atom. The summed E-state index contributed by atoms with van der Waals surface area (Å²) in [5, 5.41) is 4.97. The summed E-state index contributed by atoms with van der Waals surface area (Å²) in [4.78, 5) is 11.6. The minimum absolute atomic E-state index is 0.405. The molecule has 2 aromatic carbocycles. The van der Waals surface area contributed by atoms with E-state index in [2.05, 4.69) is 5.32 Å². The van der Waals surface area contributed by atoms with Gasteiger partial charge >= 0.3 is 6.09 Å². The van der Waals surface area contributed by atoms with Gasteiger partial charge < -0.3 is 14.8 Å². The van der Waals surface area contributed by atoms with E-state index in [9.17, 15) is 4.79 Å². The van der Waals surface area contributed by atoms with Crippen LogP contribution in [-0.2, 0) is 11.3 Å². The fourth-order valence-electron chi connectivity index (χ4n) is 2.00. The summed E-state index contributed by atoms with van der Waals surface area (Å²) in [7, 11) is 1.65. The van der Waals surface area contributed by atoms with Gasteiger partial charge in [-0.05, 0) is 55.3 Å². The van der Waals surface area contributed by atoms with Gasteiger partial charge in [0.25, 0.3) is 0 Å². The van der Waals surface area contributed by atoms with E-state index < -0.39 is 11.7 Å². The van der Waals surface area contributed by atoms with Crippen molar-refractivity contribution < 1.29 is 14.3 Å². The van der Waals surface area contributed by atoms with Crippen LogP contribution in [0, 0.1) is 0 Å². The Kier molecular flexibility index (Phi) is 4.36. The van der Waals surface area contributed by atoms with E-state index in [1.54, 1.807) is 7.11 Å². The van der Waals surface area contributed by atoms with Crippen molar-refractivity contribution in [2.24, 2.45) is 0 Å². The van der Waals surface area contributed by atoms with Crippen molar-refractivity contribution in [1.29, 1.82) is 0 Å². The van der Waals surface area contributed by atoms with Crippen LogP contribution in [0.4, 0.5) is 4.79 Å². The number of benzene rings is 2.